The van der Waals surface area contributed by atoms with Gasteiger partial charge in [0.2, 0.25) is 0 Å². The molecular weight excluding hydrogens is 441 g/mol. The summed E-state index contributed by atoms with van der Waals surface area (Å²) in [6, 6.07) is 24.1. The minimum absolute atomic E-state index is 0.229. The van der Waals surface area contributed by atoms with E-state index in [9.17, 15) is 4.39 Å². The molecule has 5 rings (SSSR count). The lowest BCUT2D eigenvalue weighted by atomic mass is 9.86. The molecule has 1 aliphatic heterocycles. The molecule has 1 nitrogen and oxygen atoms in total. The van der Waals surface area contributed by atoms with Crippen molar-refractivity contribution in [3.8, 4) is 0 Å². The maximum atomic E-state index is 12.4. The Kier molecular flexibility index (Phi) is 6.99. The van der Waals surface area contributed by atoms with Gasteiger partial charge in [-0.3, -0.25) is 9.29 Å². The lowest BCUT2D eigenvalue weighted by Gasteiger charge is -2.33. The standard InChI is InChI=1S/C31H31ClFN/c1-22-18-27(32)14-15-28(22)30-9-4-7-25-6-2-3-8-29(25)31(30)26-12-10-23(11-13-26)19-24-20-34(21-24)17-5-16-33/h2-3,6,8,10-15,18-19H,4-5,7,9,16-17,20-21H2,1H3. The van der Waals surface area contributed by atoms with E-state index in [1.54, 1.807) is 0 Å². The predicted molar refractivity (Wildman–Crippen MR) is 143 cm³/mol. The van der Waals surface area contributed by atoms with Gasteiger partial charge in [-0.1, -0.05) is 72.3 Å². The van der Waals surface area contributed by atoms with E-state index in [1.807, 2.05) is 6.07 Å². The van der Waals surface area contributed by atoms with E-state index >= 15 is 0 Å². The number of aryl methyl sites for hydroxylation is 2. The highest BCUT2D eigenvalue weighted by atomic mass is 35.5. The molecule has 174 valence electrons. The van der Waals surface area contributed by atoms with E-state index in [2.05, 4.69) is 78.6 Å². The zero-order chi connectivity index (χ0) is 23.5. The first-order valence-corrected chi connectivity index (χ1v) is 12.7. The molecule has 0 unspecified atom stereocenters. The van der Waals surface area contributed by atoms with Gasteiger partial charge in [0.05, 0.1) is 6.67 Å². The van der Waals surface area contributed by atoms with Crippen LogP contribution in [0.4, 0.5) is 4.39 Å². The van der Waals surface area contributed by atoms with Crippen molar-refractivity contribution in [3.05, 3.63) is 111 Å². The molecule has 0 saturated carbocycles. The first kappa shape index (κ1) is 23.1. The third-order valence-electron chi connectivity index (χ3n) is 7.01. The molecule has 3 aromatic carbocycles. The molecule has 1 fully saturated rings. The number of halogens is 2. The molecule has 3 aromatic rings. The Morgan fingerprint density at radius 2 is 1.74 bits per heavy atom. The average molecular weight is 472 g/mol. The van der Waals surface area contributed by atoms with Crippen molar-refractivity contribution in [2.24, 2.45) is 0 Å². The number of likely N-dealkylation sites (tertiary alicyclic amines) is 1. The lowest BCUT2D eigenvalue weighted by molar-refractivity contribution is 0.239. The molecule has 0 spiro atoms. The van der Waals surface area contributed by atoms with Gasteiger partial charge in [-0.15, -0.1) is 0 Å². The van der Waals surface area contributed by atoms with Crippen LogP contribution in [0.25, 0.3) is 17.2 Å². The summed E-state index contributed by atoms with van der Waals surface area (Å²) in [6.07, 6.45) is 6.20. The van der Waals surface area contributed by atoms with E-state index in [0.717, 1.165) is 43.9 Å². The summed E-state index contributed by atoms with van der Waals surface area (Å²) in [4.78, 5) is 2.30. The van der Waals surface area contributed by atoms with Crippen LogP contribution in [0.3, 0.4) is 0 Å². The Morgan fingerprint density at radius 3 is 2.50 bits per heavy atom. The van der Waals surface area contributed by atoms with E-state index in [-0.39, 0.29) is 6.67 Å². The maximum Gasteiger partial charge on any atom is 0.0906 e. The lowest BCUT2D eigenvalue weighted by Crippen LogP contribution is -2.40. The summed E-state index contributed by atoms with van der Waals surface area (Å²) >= 11 is 6.29. The average Bonchev–Trinajstić information content (AvgIpc) is 3.00. The van der Waals surface area contributed by atoms with E-state index in [4.69, 9.17) is 11.6 Å². The van der Waals surface area contributed by atoms with E-state index in [0.29, 0.717) is 6.42 Å². The minimum Gasteiger partial charge on any atom is -0.295 e. The van der Waals surface area contributed by atoms with Crippen molar-refractivity contribution >= 4 is 28.8 Å². The molecule has 0 radical (unpaired) electrons. The summed E-state index contributed by atoms with van der Waals surface area (Å²) in [5.41, 5.74) is 12.0. The zero-order valence-electron chi connectivity index (χ0n) is 19.8. The molecule has 0 N–H and O–H groups in total. The molecule has 1 aliphatic carbocycles. The zero-order valence-corrected chi connectivity index (χ0v) is 20.5. The highest BCUT2D eigenvalue weighted by Gasteiger charge is 2.22. The van der Waals surface area contributed by atoms with Gasteiger partial charge in [-0.2, -0.15) is 0 Å². The first-order valence-electron chi connectivity index (χ1n) is 12.3. The predicted octanol–water partition coefficient (Wildman–Crippen LogP) is 8.00. The van der Waals surface area contributed by atoms with Crippen LogP contribution in [-0.4, -0.2) is 31.2 Å². The van der Waals surface area contributed by atoms with Crippen LogP contribution in [0, 0.1) is 6.92 Å². The van der Waals surface area contributed by atoms with Crippen LogP contribution in [-0.2, 0) is 6.42 Å². The van der Waals surface area contributed by atoms with Crippen LogP contribution < -0.4 is 0 Å². The highest BCUT2D eigenvalue weighted by molar-refractivity contribution is 6.30. The van der Waals surface area contributed by atoms with Gasteiger partial charge >= 0.3 is 0 Å². The van der Waals surface area contributed by atoms with Crippen molar-refractivity contribution < 1.29 is 4.39 Å². The summed E-state index contributed by atoms with van der Waals surface area (Å²) < 4.78 is 12.4. The Balaban J connectivity index is 1.52. The Labute approximate surface area is 207 Å². The molecule has 3 heteroatoms. The molecule has 34 heavy (non-hydrogen) atoms. The van der Waals surface area contributed by atoms with Gasteiger partial charge < -0.3 is 0 Å². The largest absolute Gasteiger partial charge is 0.295 e. The van der Waals surface area contributed by atoms with Gasteiger partial charge in [0.15, 0.2) is 0 Å². The number of allylic oxidation sites excluding steroid dienone is 1. The number of nitrogens with zero attached hydrogens (tertiary/aromatic N) is 1. The maximum absolute atomic E-state index is 12.4. The Hall–Kier alpha value is -2.68. The summed E-state index contributed by atoms with van der Waals surface area (Å²) in [5, 5.41) is 0.786. The second-order valence-electron chi connectivity index (χ2n) is 9.50. The quantitative estimate of drug-likeness (QED) is 0.352. The molecule has 1 heterocycles. The van der Waals surface area contributed by atoms with Crippen LogP contribution >= 0.6 is 11.6 Å². The van der Waals surface area contributed by atoms with Crippen molar-refractivity contribution in [1.29, 1.82) is 0 Å². The Bertz CT molecular complexity index is 1230. The molecule has 0 atom stereocenters. The fourth-order valence-corrected chi connectivity index (χ4v) is 5.56. The van der Waals surface area contributed by atoms with E-state index in [1.165, 1.54) is 50.1 Å². The molecule has 0 bridgehead atoms. The van der Waals surface area contributed by atoms with Gasteiger partial charge in [0.25, 0.3) is 0 Å². The van der Waals surface area contributed by atoms with Crippen LogP contribution in [0.2, 0.25) is 5.02 Å². The molecule has 1 saturated heterocycles. The van der Waals surface area contributed by atoms with Gasteiger partial charge in [0, 0.05) is 24.7 Å². The van der Waals surface area contributed by atoms with Crippen LogP contribution in [0.5, 0.6) is 0 Å². The van der Waals surface area contributed by atoms with Crippen molar-refractivity contribution in [2.75, 3.05) is 26.3 Å². The van der Waals surface area contributed by atoms with E-state index < -0.39 is 0 Å². The third kappa shape index (κ3) is 4.89. The van der Waals surface area contributed by atoms with Crippen LogP contribution in [0.1, 0.15) is 52.6 Å². The summed E-state index contributed by atoms with van der Waals surface area (Å²) in [7, 11) is 0. The minimum atomic E-state index is -0.229. The number of rotatable bonds is 6. The SMILES string of the molecule is Cc1cc(Cl)ccc1C1=C(c2ccc(C=C3CN(CCCF)C3)cc2)c2ccccc2CCC1. The monoisotopic (exact) mass is 471 g/mol. The van der Waals surface area contributed by atoms with Crippen molar-refractivity contribution in [3.63, 3.8) is 0 Å². The van der Waals surface area contributed by atoms with Crippen LogP contribution in [0.15, 0.2) is 72.3 Å². The van der Waals surface area contributed by atoms with Crippen molar-refractivity contribution in [2.45, 2.75) is 32.6 Å². The van der Waals surface area contributed by atoms with Crippen molar-refractivity contribution in [1.82, 2.24) is 4.90 Å². The highest BCUT2D eigenvalue weighted by Crippen LogP contribution is 2.41. The number of alkyl halides is 1. The fourth-order valence-electron chi connectivity index (χ4n) is 5.33. The van der Waals surface area contributed by atoms with Gasteiger partial charge in [-0.25, -0.2) is 0 Å². The molecule has 0 aromatic heterocycles. The normalized spacial score (nSPS) is 16.1. The topological polar surface area (TPSA) is 3.24 Å². The summed E-state index contributed by atoms with van der Waals surface area (Å²) in [6.45, 7) is 4.70. The Morgan fingerprint density at radius 1 is 0.941 bits per heavy atom. The first-order chi connectivity index (χ1) is 16.6. The second kappa shape index (κ2) is 10.3. The number of hydrogen-bond donors (Lipinski definition) is 0. The third-order valence-corrected chi connectivity index (χ3v) is 7.24. The molecule has 2 aliphatic rings. The molecular formula is C31H31ClFN. The second-order valence-corrected chi connectivity index (χ2v) is 9.94. The van der Waals surface area contributed by atoms with Gasteiger partial charge in [0.1, 0.15) is 0 Å². The summed E-state index contributed by atoms with van der Waals surface area (Å²) in [5.74, 6) is 0. The number of benzene rings is 3. The number of fused-ring (bicyclic) bond motifs is 1. The fraction of sp³-hybridized carbons (Fsp3) is 0.290. The van der Waals surface area contributed by atoms with Gasteiger partial charge in [-0.05, 0) is 94.8 Å². The number of hydrogen-bond acceptors (Lipinski definition) is 1. The smallest absolute Gasteiger partial charge is 0.0906 e. The molecule has 0 amide bonds.